The zero-order chi connectivity index (χ0) is 19.8. The quantitative estimate of drug-likeness (QED) is 0.306. The lowest BCUT2D eigenvalue weighted by Gasteiger charge is -2.11. The van der Waals surface area contributed by atoms with Crippen LogP contribution in [0.25, 0.3) is 21.0 Å². The van der Waals surface area contributed by atoms with E-state index in [1.807, 2.05) is 17.5 Å². The van der Waals surface area contributed by atoms with E-state index in [9.17, 15) is 4.79 Å². The van der Waals surface area contributed by atoms with Gasteiger partial charge in [-0.2, -0.15) is 0 Å². The van der Waals surface area contributed by atoms with Crippen LogP contribution in [0.2, 0.25) is 0 Å². The van der Waals surface area contributed by atoms with E-state index >= 15 is 0 Å². The molecule has 0 fully saturated rings. The fourth-order valence-electron chi connectivity index (χ4n) is 3.57. The van der Waals surface area contributed by atoms with E-state index in [1.165, 1.54) is 22.2 Å². The van der Waals surface area contributed by atoms with Crippen molar-refractivity contribution in [3.63, 3.8) is 0 Å². The third-order valence-electron chi connectivity index (χ3n) is 4.94. The van der Waals surface area contributed by atoms with Crippen molar-refractivity contribution in [3.8, 4) is 10.8 Å². The summed E-state index contributed by atoms with van der Waals surface area (Å²) in [5.41, 5.74) is 2.09. The van der Waals surface area contributed by atoms with E-state index < -0.39 is 0 Å². The van der Waals surface area contributed by atoms with Gasteiger partial charge in [-0.3, -0.25) is 9.36 Å². The molecule has 5 rings (SSSR count). The van der Waals surface area contributed by atoms with Crippen molar-refractivity contribution in [1.29, 1.82) is 0 Å². The van der Waals surface area contributed by atoms with Crippen LogP contribution in [0.5, 0.6) is 0 Å². The number of aromatic nitrogens is 3. The number of methoxy groups -OCH3 is 1. The van der Waals surface area contributed by atoms with E-state index in [0.29, 0.717) is 30.0 Å². The largest absolute Gasteiger partial charge is 0.444 e. The zero-order valence-corrected chi connectivity index (χ0v) is 18.3. The molecule has 0 bridgehead atoms. The minimum Gasteiger partial charge on any atom is -0.444 e. The highest BCUT2D eigenvalue weighted by Gasteiger charge is 2.23. The van der Waals surface area contributed by atoms with E-state index in [4.69, 9.17) is 14.1 Å². The van der Waals surface area contributed by atoms with Gasteiger partial charge in [0.1, 0.15) is 11.1 Å². The zero-order valence-electron chi connectivity index (χ0n) is 15.8. The van der Waals surface area contributed by atoms with Crippen LogP contribution in [-0.4, -0.2) is 28.3 Å². The molecule has 1 aliphatic rings. The maximum absolute atomic E-state index is 13.3. The molecule has 0 aromatic carbocycles. The summed E-state index contributed by atoms with van der Waals surface area (Å²) < 4.78 is 12.6. The number of thioether (sulfide) groups is 1. The standard InChI is InChI=1S/C20H19N3O3S3/c1-25-8-7-23-19(24)16-13-4-2-5-14(13)29-18(16)22-20(23)28-11-12-10-26-17(21-12)15-6-3-9-27-15/h3,6,9-10H,2,4-5,7-8,11H2,1H3. The highest BCUT2D eigenvalue weighted by molar-refractivity contribution is 7.98. The van der Waals surface area contributed by atoms with E-state index in [0.717, 1.165) is 40.1 Å². The van der Waals surface area contributed by atoms with Crippen LogP contribution in [0.15, 0.2) is 38.1 Å². The molecule has 9 heteroatoms. The van der Waals surface area contributed by atoms with Crippen LogP contribution in [-0.2, 0) is 29.9 Å². The van der Waals surface area contributed by atoms with E-state index in [2.05, 4.69) is 4.98 Å². The molecule has 1 aliphatic carbocycles. The number of hydrogen-bond donors (Lipinski definition) is 0. The van der Waals surface area contributed by atoms with Crippen molar-refractivity contribution < 1.29 is 9.15 Å². The van der Waals surface area contributed by atoms with Crippen molar-refractivity contribution in [2.24, 2.45) is 0 Å². The third-order valence-corrected chi connectivity index (χ3v) is 8.00. The second-order valence-corrected chi connectivity index (χ2v) is 9.77. The summed E-state index contributed by atoms with van der Waals surface area (Å²) in [6.07, 6.45) is 4.84. The first kappa shape index (κ1) is 19.0. The second-order valence-electron chi connectivity index (χ2n) is 6.79. The first-order chi connectivity index (χ1) is 14.2. The highest BCUT2D eigenvalue weighted by atomic mass is 32.2. The normalized spacial score (nSPS) is 13.4. The molecule has 0 spiro atoms. The third kappa shape index (κ3) is 3.56. The molecule has 0 unspecified atom stereocenters. The molecule has 4 heterocycles. The van der Waals surface area contributed by atoms with Gasteiger partial charge >= 0.3 is 0 Å². The van der Waals surface area contributed by atoms with Crippen LogP contribution in [0.4, 0.5) is 0 Å². The van der Waals surface area contributed by atoms with Gasteiger partial charge in [-0.25, -0.2) is 9.97 Å². The van der Waals surface area contributed by atoms with Gasteiger partial charge in [0.25, 0.3) is 5.56 Å². The summed E-state index contributed by atoms with van der Waals surface area (Å²) in [5, 5.41) is 3.52. The number of ether oxygens (including phenoxy) is 1. The summed E-state index contributed by atoms with van der Waals surface area (Å²) in [6, 6.07) is 3.96. The molecular formula is C20H19N3O3S3. The molecule has 4 aromatic rings. The Kier molecular flexibility index (Phi) is 5.29. The van der Waals surface area contributed by atoms with Crippen LogP contribution < -0.4 is 5.56 Å². The van der Waals surface area contributed by atoms with Crippen molar-refractivity contribution in [3.05, 3.63) is 50.3 Å². The Hall–Kier alpha value is -1.94. The Bertz CT molecular complexity index is 1210. The van der Waals surface area contributed by atoms with Crippen molar-refractivity contribution in [1.82, 2.24) is 14.5 Å². The van der Waals surface area contributed by atoms with Crippen molar-refractivity contribution >= 4 is 44.7 Å². The molecule has 0 radical (unpaired) electrons. The number of nitrogens with zero attached hydrogens (tertiary/aromatic N) is 3. The average Bonchev–Trinajstić information content (AvgIpc) is 3.49. The Morgan fingerprint density at radius 2 is 2.28 bits per heavy atom. The maximum atomic E-state index is 13.3. The molecule has 0 atom stereocenters. The lowest BCUT2D eigenvalue weighted by Crippen LogP contribution is -2.25. The molecule has 0 N–H and O–H groups in total. The van der Waals surface area contributed by atoms with Gasteiger partial charge in [-0.05, 0) is 36.3 Å². The van der Waals surface area contributed by atoms with Crippen LogP contribution in [0, 0.1) is 0 Å². The fourth-order valence-corrected chi connectivity index (χ4v) is 6.43. The van der Waals surface area contributed by atoms with Gasteiger partial charge in [0, 0.05) is 17.7 Å². The number of rotatable bonds is 7. The van der Waals surface area contributed by atoms with Gasteiger partial charge in [-0.15, -0.1) is 22.7 Å². The fraction of sp³-hybridized carbons (Fsp3) is 0.350. The van der Waals surface area contributed by atoms with E-state index in [-0.39, 0.29) is 5.56 Å². The average molecular weight is 446 g/mol. The molecule has 150 valence electrons. The number of thiophene rings is 2. The Morgan fingerprint density at radius 3 is 3.10 bits per heavy atom. The predicted octanol–water partition coefficient (Wildman–Crippen LogP) is 4.60. The maximum Gasteiger partial charge on any atom is 0.263 e. The first-order valence-corrected chi connectivity index (χ1v) is 12.1. The SMILES string of the molecule is COCCn1c(SCc2coc(-c3cccs3)n2)nc2sc3c(c2c1=O)CCC3. The van der Waals surface area contributed by atoms with Gasteiger partial charge in [0.15, 0.2) is 5.16 Å². The molecule has 0 aliphatic heterocycles. The first-order valence-electron chi connectivity index (χ1n) is 9.39. The molecule has 0 saturated heterocycles. The van der Waals surface area contributed by atoms with Crippen molar-refractivity contribution in [2.45, 2.75) is 36.7 Å². The highest BCUT2D eigenvalue weighted by Crippen LogP contribution is 2.36. The van der Waals surface area contributed by atoms with Gasteiger partial charge in [0.05, 0.1) is 29.1 Å². The lowest BCUT2D eigenvalue weighted by molar-refractivity contribution is 0.183. The number of oxazole rings is 1. The lowest BCUT2D eigenvalue weighted by atomic mass is 10.2. The number of aryl methyl sites for hydroxylation is 2. The molecule has 0 amide bonds. The van der Waals surface area contributed by atoms with Gasteiger partial charge in [0.2, 0.25) is 5.89 Å². The molecule has 29 heavy (non-hydrogen) atoms. The predicted molar refractivity (Wildman–Crippen MR) is 117 cm³/mol. The van der Waals surface area contributed by atoms with Crippen LogP contribution >= 0.6 is 34.4 Å². The Morgan fingerprint density at radius 1 is 1.34 bits per heavy atom. The monoisotopic (exact) mass is 445 g/mol. The summed E-state index contributed by atoms with van der Waals surface area (Å²) >= 11 is 4.78. The minimum atomic E-state index is 0.0494. The molecule has 4 aromatic heterocycles. The summed E-state index contributed by atoms with van der Waals surface area (Å²) in [7, 11) is 1.65. The van der Waals surface area contributed by atoms with Crippen molar-refractivity contribution in [2.75, 3.05) is 13.7 Å². The summed E-state index contributed by atoms with van der Waals surface area (Å²) in [4.78, 5) is 25.9. The molecular weight excluding hydrogens is 426 g/mol. The topological polar surface area (TPSA) is 70.2 Å². The summed E-state index contributed by atoms with van der Waals surface area (Å²) in [6.45, 7) is 0.962. The number of hydrogen-bond acceptors (Lipinski definition) is 8. The Labute approximate surface area is 179 Å². The summed E-state index contributed by atoms with van der Waals surface area (Å²) in [5.74, 6) is 1.22. The van der Waals surface area contributed by atoms with Gasteiger partial charge in [-0.1, -0.05) is 17.8 Å². The van der Waals surface area contributed by atoms with E-state index in [1.54, 1.807) is 40.6 Å². The second kappa shape index (κ2) is 8.06. The molecule has 6 nitrogen and oxygen atoms in total. The van der Waals surface area contributed by atoms with Gasteiger partial charge < -0.3 is 9.15 Å². The Balaban J connectivity index is 1.46. The van der Waals surface area contributed by atoms with Crippen LogP contribution in [0.3, 0.4) is 0 Å². The minimum absolute atomic E-state index is 0.0494. The smallest absolute Gasteiger partial charge is 0.263 e. The number of fused-ring (bicyclic) bond motifs is 3. The molecule has 0 saturated carbocycles. The van der Waals surface area contributed by atoms with Crippen LogP contribution in [0.1, 0.15) is 22.6 Å².